The molecule has 0 heterocycles. The molecule has 0 saturated heterocycles. The molecule has 278 valence electrons. The summed E-state index contributed by atoms with van der Waals surface area (Å²) in [6.45, 7) is 0.138. The lowest BCUT2D eigenvalue weighted by Crippen LogP contribution is -2.52. The number of esters is 2. The van der Waals surface area contributed by atoms with E-state index >= 15 is 0 Å². The highest BCUT2D eigenvalue weighted by atomic mass is 16.6. The highest BCUT2D eigenvalue weighted by molar-refractivity contribution is 5.90. The summed E-state index contributed by atoms with van der Waals surface area (Å²) in [6.07, 6.45) is -1.31. The van der Waals surface area contributed by atoms with E-state index in [0.29, 0.717) is 5.56 Å². The van der Waals surface area contributed by atoms with E-state index in [2.05, 4.69) is 10.6 Å². The fourth-order valence-corrected chi connectivity index (χ4v) is 5.32. The number of phenolic OH excluding ortho intramolecular Hbond substituents is 1. The smallest absolute Gasteiger partial charge is 0.408 e. The Kier molecular flexibility index (Phi) is 14.6. The SMILES string of the molecule is O=C(CC[C@H](NC(=O)OCc1ccccc1)C(=O)N[C@@H](Cc1ccc(O)c(OCc2ccccc2)c1)C(=O)OCc1ccccc1)OCc1ccccc1. The van der Waals surface area contributed by atoms with Gasteiger partial charge in [0.1, 0.15) is 38.5 Å². The van der Waals surface area contributed by atoms with Crippen LogP contribution < -0.4 is 15.4 Å². The monoisotopic (exact) mass is 730 g/mol. The van der Waals surface area contributed by atoms with E-state index in [9.17, 15) is 24.3 Å². The summed E-state index contributed by atoms with van der Waals surface area (Å²) < 4.78 is 22.2. The van der Waals surface area contributed by atoms with Gasteiger partial charge < -0.3 is 34.7 Å². The molecule has 0 aromatic heterocycles. The summed E-state index contributed by atoms with van der Waals surface area (Å²) in [7, 11) is 0. The number of aromatic hydroxyl groups is 1. The maximum atomic E-state index is 13.9. The van der Waals surface area contributed by atoms with Gasteiger partial charge >= 0.3 is 18.0 Å². The van der Waals surface area contributed by atoms with Crippen LogP contribution >= 0.6 is 0 Å². The minimum absolute atomic E-state index is 0.0437. The molecule has 2 atom stereocenters. The van der Waals surface area contributed by atoms with Crippen molar-refractivity contribution in [2.45, 2.75) is 57.8 Å². The van der Waals surface area contributed by atoms with Crippen LogP contribution in [0.25, 0.3) is 0 Å². The molecule has 11 nitrogen and oxygen atoms in total. The largest absolute Gasteiger partial charge is 0.504 e. The van der Waals surface area contributed by atoms with Gasteiger partial charge in [0.2, 0.25) is 5.91 Å². The molecule has 54 heavy (non-hydrogen) atoms. The number of amides is 2. The molecule has 5 aromatic rings. The third-order valence-corrected chi connectivity index (χ3v) is 8.23. The van der Waals surface area contributed by atoms with E-state index in [1.165, 1.54) is 6.07 Å². The molecule has 5 rings (SSSR count). The lowest BCUT2D eigenvalue weighted by atomic mass is 10.0. The fraction of sp³-hybridized carbons (Fsp3) is 0.209. The number of nitrogens with one attached hydrogen (secondary N) is 2. The van der Waals surface area contributed by atoms with Crippen molar-refractivity contribution in [2.75, 3.05) is 0 Å². The Labute approximate surface area is 313 Å². The van der Waals surface area contributed by atoms with E-state index < -0.39 is 36.0 Å². The average Bonchev–Trinajstić information content (AvgIpc) is 3.21. The number of carbonyl (C=O) groups is 4. The number of phenols is 1. The van der Waals surface area contributed by atoms with Crippen LogP contribution in [0, 0.1) is 0 Å². The van der Waals surface area contributed by atoms with Gasteiger partial charge in [-0.15, -0.1) is 0 Å². The van der Waals surface area contributed by atoms with Crippen LogP contribution in [0.1, 0.15) is 40.7 Å². The molecular formula is C43H42N2O9. The van der Waals surface area contributed by atoms with E-state index in [-0.39, 0.29) is 57.2 Å². The highest BCUT2D eigenvalue weighted by Crippen LogP contribution is 2.28. The Hall–Kier alpha value is -6.62. The molecule has 0 aliphatic heterocycles. The first-order chi connectivity index (χ1) is 26.3. The lowest BCUT2D eigenvalue weighted by Gasteiger charge is -2.23. The molecule has 0 unspecified atom stereocenters. The number of carbonyl (C=O) groups excluding carboxylic acids is 4. The van der Waals surface area contributed by atoms with E-state index in [1.54, 1.807) is 48.5 Å². The highest BCUT2D eigenvalue weighted by Gasteiger charge is 2.29. The van der Waals surface area contributed by atoms with Crippen LogP contribution in [0.2, 0.25) is 0 Å². The van der Waals surface area contributed by atoms with Gasteiger partial charge in [-0.05, 0) is 46.4 Å². The minimum atomic E-state index is -1.29. The van der Waals surface area contributed by atoms with Crippen molar-refractivity contribution >= 4 is 23.9 Å². The van der Waals surface area contributed by atoms with Crippen LogP contribution in [0.3, 0.4) is 0 Å². The topological polar surface area (TPSA) is 149 Å². The van der Waals surface area contributed by atoms with Gasteiger partial charge in [-0.2, -0.15) is 0 Å². The van der Waals surface area contributed by atoms with Crippen molar-refractivity contribution in [2.24, 2.45) is 0 Å². The molecule has 0 bridgehead atoms. The maximum absolute atomic E-state index is 13.9. The molecule has 2 amide bonds. The molecule has 3 N–H and O–H groups in total. The molecule has 0 fully saturated rings. The molecule has 0 saturated carbocycles. The van der Waals surface area contributed by atoms with Crippen molar-refractivity contribution in [1.82, 2.24) is 10.6 Å². The second kappa shape index (κ2) is 20.4. The zero-order valence-corrected chi connectivity index (χ0v) is 29.6. The predicted molar refractivity (Wildman–Crippen MR) is 200 cm³/mol. The predicted octanol–water partition coefficient (Wildman–Crippen LogP) is 6.56. The molecule has 5 aromatic carbocycles. The number of hydrogen-bond donors (Lipinski definition) is 3. The van der Waals surface area contributed by atoms with E-state index in [0.717, 1.165) is 22.3 Å². The second-order valence-electron chi connectivity index (χ2n) is 12.4. The summed E-state index contributed by atoms with van der Waals surface area (Å²) in [5.41, 5.74) is 3.71. The third-order valence-electron chi connectivity index (χ3n) is 8.23. The van der Waals surface area contributed by atoms with Crippen LogP contribution in [0.15, 0.2) is 140 Å². The van der Waals surface area contributed by atoms with Crippen LogP contribution in [0.5, 0.6) is 11.5 Å². The standard InChI is InChI=1S/C43H42N2O9/c46-38-23-21-35(26-39(38)51-27-31-13-5-1-6-14-31)25-37(42(49)53-29-33-17-9-3-10-18-33)44-41(48)36(45-43(50)54-30-34-19-11-4-12-20-34)22-24-40(47)52-28-32-15-7-2-8-16-32/h1-21,23,26,36-37,46H,22,24-25,27-30H2,(H,44,48)(H,45,50)/t36-,37-/m0/s1. The Morgan fingerprint density at radius 1 is 0.537 bits per heavy atom. The Bertz CT molecular complexity index is 1940. The molecule has 0 radical (unpaired) electrons. The van der Waals surface area contributed by atoms with Gasteiger partial charge in [0.05, 0.1) is 0 Å². The fourth-order valence-electron chi connectivity index (χ4n) is 5.32. The first-order valence-corrected chi connectivity index (χ1v) is 17.5. The Morgan fingerprint density at radius 3 is 1.59 bits per heavy atom. The van der Waals surface area contributed by atoms with Crippen molar-refractivity contribution < 1.29 is 43.2 Å². The second-order valence-corrected chi connectivity index (χ2v) is 12.4. The van der Waals surface area contributed by atoms with Gasteiger partial charge in [0, 0.05) is 12.8 Å². The van der Waals surface area contributed by atoms with Gasteiger partial charge in [-0.1, -0.05) is 127 Å². The minimum Gasteiger partial charge on any atom is -0.504 e. The average molecular weight is 731 g/mol. The van der Waals surface area contributed by atoms with Gasteiger partial charge in [-0.3, -0.25) is 9.59 Å². The van der Waals surface area contributed by atoms with Crippen molar-refractivity contribution in [3.8, 4) is 11.5 Å². The van der Waals surface area contributed by atoms with Crippen molar-refractivity contribution in [3.05, 3.63) is 167 Å². The molecule has 0 aliphatic rings. The summed E-state index contributed by atoms with van der Waals surface area (Å²) in [5.74, 6) is -1.97. The number of hydrogen-bond acceptors (Lipinski definition) is 9. The molecule has 0 aliphatic carbocycles. The number of alkyl carbamates (subject to hydrolysis) is 1. The lowest BCUT2D eigenvalue weighted by molar-refractivity contribution is -0.149. The first kappa shape index (κ1) is 38.6. The quantitative estimate of drug-likeness (QED) is 0.0673. The summed E-state index contributed by atoms with van der Waals surface area (Å²) in [6, 6.07) is 38.7. The van der Waals surface area contributed by atoms with Gasteiger partial charge in [0.15, 0.2) is 11.5 Å². The zero-order valence-electron chi connectivity index (χ0n) is 29.6. The first-order valence-electron chi connectivity index (χ1n) is 17.5. The number of ether oxygens (including phenoxy) is 4. The van der Waals surface area contributed by atoms with E-state index in [1.807, 2.05) is 84.9 Å². The molecule has 11 heteroatoms. The summed E-state index contributed by atoms with van der Waals surface area (Å²) in [4.78, 5) is 53.2. The van der Waals surface area contributed by atoms with Crippen LogP contribution in [0.4, 0.5) is 4.79 Å². The maximum Gasteiger partial charge on any atom is 0.408 e. The number of rotatable bonds is 18. The normalized spacial score (nSPS) is 11.7. The van der Waals surface area contributed by atoms with Crippen molar-refractivity contribution in [3.63, 3.8) is 0 Å². The van der Waals surface area contributed by atoms with E-state index in [4.69, 9.17) is 18.9 Å². The molecular weight excluding hydrogens is 688 g/mol. The molecule has 0 spiro atoms. The summed E-state index contributed by atoms with van der Waals surface area (Å²) >= 11 is 0. The van der Waals surface area contributed by atoms with Crippen LogP contribution in [-0.4, -0.2) is 41.1 Å². The summed E-state index contributed by atoms with van der Waals surface area (Å²) in [5, 5.41) is 15.8. The van der Waals surface area contributed by atoms with Gasteiger partial charge in [0.25, 0.3) is 0 Å². The number of benzene rings is 5. The Morgan fingerprint density at radius 2 is 1.04 bits per heavy atom. The Balaban J connectivity index is 1.30. The zero-order chi connectivity index (χ0) is 38.0. The van der Waals surface area contributed by atoms with Crippen molar-refractivity contribution in [1.29, 1.82) is 0 Å². The van der Waals surface area contributed by atoms with Crippen LogP contribution in [-0.2, 0) is 61.4 Å². The third kappa shape index (κ3) is 12.9. The van der Waals surface area contributed by atoms with Gasteiger partial charge in [-0.25, -0.2) is 9.59 Å².